The summed E-state index contributed by atoms with van der Waals surface area (Å²) in [4.78, 5) is 14.5. The second kappa shape index (κ2) is 6.98. The minimum absolute atomic E-state index is 0.0594. The van der Waals surface area contributed by atoms with Crippen LogP contribution in [-0.4, -0.2) is 32.3 Å². The number of amides is 1. The van der Waals surface area contributed by atoms with Crippen molar-refractivity contribution < 1.29 is 13.2 Å². The molecule has 2 aromatic rings. The molecule has 5 nitrogen and oxygen atoms in total. The van der Waals surface area contributed by atoms with Crippen LogP contribution in [0.3, 0.4) is 0 Å². The standard InChI is InChI=1S/C19H22N2O3S/c1-14(15-6-4-3-5-7-15)21(2)19(22)16-8-12-18(13-9-16)25(23,24)20-17-10-11-17/h3-9,12-14,17,20H,10-11H2,1-2H3/t14-/m0/s1. The summed E-state index contributed by atoms with van der Waals surface area (Å²) < 4.78 is 27.0. The third-order valence-corrected chi connectivity index (χ3v) is 6.03. The number of carbonyl (C=O) groups is 1. The second-order valence-corrected chi connectivity index (χ2v) is 8.14. The van der Waals surface area contributed by atoms with E-state index in [1.165, 1.54) is 12.1 Å². The minimum atomic E-state index is -3.49. The summed E-state index contributed by atoms with van der Waals surface area (Å²) in [5, 5.41) is 0. The molecule has 0 aliphatic heterocycles. The molecule has 0 aromatic heterocycles. The molecule has 1 saturated carbocycles. The number of sulfonamides is 1. The van der Waals surface area contributed by atoms with E-state index in [2.05, 4.69) is 4.72 Å². The number of benzene rings is 2. The Kier molecular flexibility index (Phi) is 4.92. The molecule has 0 radical (unpaired) electrons. The summed E-state index contributed by atoms with van der Waals surface area (Å²) in [5.41, 5.74) is 1.52. The van der Waals surface area contributed by atoms with Crippen molar-refractivity contribution in [1.82, 2.24) is 9.62 Å². The monoisotopic (exact) mass is 358 g/mol. The van der Waals surface area contributed by atoms with Crippen LogP contribution in [0, 0.1) is 0 Å². The summed E-state index contributed by atoms with van der Waals surface area (Å²) in [7, 11) is -1.74. The van der Waals surface area contributed by atoms with E-state index >= 15 is 0 Å². The van der Waals surface area contributed by atoms with E-state index in [4.69, 9.17) is 0 Å². The molecule has 6 heteroatoms. The Bertz CT molecular complexity index is 844. The van der Waals surface area contributed by atoms with Crippen molar-refractivity contribution in [3.63, 3.8) is 0 Å². The van der Waals surface area contributed by atoms with Crippen LogP contribution in [0.2, 0.25) is 0 Å². The number of hydrogen-bond donors (Lipinski definition) is 1. The molecule has 1 fully saturated rings. The van der Waals surface area contributed by atoms with E-state index in [0.717, 1.165) is 18.4 Å². The lowest BCUT2D eigenvalue weighted by molar-refractivity contribution is 0.0742. The van der Waals surface area contributed by atoms with Gasteiger partial charge in [0.2, 0.25) is 10.0 Å². The maximum atomic E-state index is 12.7. The van der Waals surface area contributed by atoms with E-state index in [9.17, 15) is 13.2 Å². The number of rotatable bonds is 6. The maximum absolute atomic E-state index is 12.7. The van der Waals surface area contributed by atoms with Gasteiger partial charge in [-0.05, 0) is 49.6 Å². The van der Waals surface area contributed by atoms with Crippen LogP contribution in [0.15, 0.2) is 59.5 Å². The summed E-state index contributed by atoms with van der Waals surface area (Å²) in [6, 6.07) is 15.9. The molecule has 0 unspecified atom stereocenters. The van der Waals surface area contributed by atoms with Gasteiger partial charge in [0.15, 0.2) is 0 Å². The van der Waals surface area contributed by atoms with Crippen LogP contribution in [0.25, 0.3) is 0 Å². The highest BCUT2D eigenvalue weighted by molar-refractivity contribution is 7.89. The molecule has 25 heavy (non-hydrogen) atoms. The largest absolute Gasteiger partial charge is 0.335 e. The van der Waals surface area contributed by atoms with Gasteiger partial charge in [0.25, 0.3) is 5.91 Å². The van der Waals surface area contributed by atoms with Gasteiger partial charge in [0.1, 0.15) is 0 Å². The first kappa shape index (κ1) is 17.6. The van der Waals surface area contributed by atoms with Gasteiger partial charge < -0.3 is 4.90 Å². The molecule has 2 aromatic carbocycles. The highest BCUT2D eigenvalue weighted by atomic mass is 32.2. The molecule has 1 N–H and O–H groups in total. The molecule has 1 aliphatic carbocycles. The first-order valence-corrected chi connectivity index (χ1v) is 9.81. The van der Waals surface area contributed by atoms with Crippen molar-refractivity contribution >= 4 is 15.9 Å². The lowest BCUT2D eigenvalue weighted by Crippen LogP contribution is -2.30. The van der Waals surface area contributed by atoms with Gasteiger partial charge in [-0.15, -0.1) is 0 Å². The fourth-order valence-corrected chi connectivity index (χ4v) is 3.90. The molecule has 0 bridgehead atoms. The fraction of sp³-hybridized carbons (Fsp3) is 0.316. The Labute approximate surface area is 148 Å². The van der Waals surface area contributed by atoms with E-state index in [1.54, 1.807) is 24.1 Å². The molecule has 1 atom stereocenters. The second-order valence-electron chi connectivity index (χ2n) is 6.42. The first-order chi connectivity index (χ1) is 11.9. The van der Waals surface area contributed by atoms with Crippen LogP contribution < -0.4 is 4.72 Å². The van der Waals surface area contributed by atoms with Gasteiger partial charge in [0.05, 0.1) is 10.9 Å². The van der Waals surface area contributed by atoms with Gasteiger partial charge in [-0.1, -0.05) is 30.3 Å². The normalized spacial score (nSPS) is 15.6. The van der Waals surface area contributed by atoms with Crippen LogP contribution in [0.4, 0.5) is 0 Å². The van der Waals surface area contributed by atoms with E-state index in [0.29, 0.717) is 5.56 Å². The Morgan fingerprint density at radius 1 is 1.08 bits per heavy atom. The highest BCUT2D eigenvalue weighted by Crippen LogP contribution is 2.23. The molecule has 0 heterocycles. The predicted octanol–water partition coefficient (Wildman–Crippen LogP) is 2.96. The number of nitrogens with one attached hydrogen (secondary N) is 1. The minimum Gasteiger partial charge on any atom is -0.335 e. The zero-order valence-corrected chi connectivity index (χ0v) is 15.2. The zero-order valence-electron chi connectivity index (χ0n) is 14.3. The first-order valence-electron chi connectivity index (χ1n) is 8.33. The third kappa shape index (κ3) is 4.08. The Balaban J connectivity index is 1.74. The van der Waals surface area contributed by atoms with E-state index in [-0.39, 0.29) is 22.9 Å². The molecular formula is C19H22N2O3S. The van der Waals surface area contributed by atoms with Crippen molar-refractivity contribution in [3.05, 3.63) is 65.7 Å². The molecule has 1 amide bonds. The Morgan fingerprint density at radius 2 is 1.68 bits per heavy atom. The molecule has 3 rings (SSSR count). The Morgan fingerprint density at radius 3 is 2.24 bits per heavy atom. The van der Waals surface area contributed by atoms with E-state index < -0.39 is 10.0 Å². The third-order valence-electron chi connectivity index (χ3n) is 4.49. The van der Waals surface area contributed by atoms with Crippen molar-refractivity contribution in [3.8, 4) is 0 Å². The summed E-state index contributed by atoms with van der Waals surface area (Å²) in [6.45, 7) is 1.96. The summed E-state index contributed by atoms with van der Waals surface area (Å²) in [5.74, 6) is -0.143. The molecule has 1 aliphatic rings. The quantitative estimate of drug-likeness (QED) is 0.863. The number of carbonyl (C=O) groups excluding carboxylic acids is 1. The van der Waals surface area contributed by atoms with Gasteiger partial charge in [0, 0.05) is 18.7 Å². The van der Waals surface area contributed by atoms with Crippen LogP contribution in [0.1, 0.15) is 41.7 Å². The molecule has 0 spiro atoms. The summed E-state index contributed by atoms with van der Waals surface area (Å²) >= 11 is 0. The number of hydrogen-bond acceptors (Lipinski definition) is 3. The number of nitrogens with zero attached hydrogens (tertiary/aromatic N) is 1. The van der Waals surface area contributed by atoms with E-state index in [1.807, 2.05) is 37.3 Å². The lowest BCUT2D eigenvalue weighted by atomic mass is 10.1. The Hall–Kier alpha value is -2.18. The smallest absolute Gasteiger partial charge is 0.254 e. The predicted molar refractivity (Wildman–Crippen MR) is 96.7 cm³/mol. The van der Waals surface area contributed by atoms with Crippen LogP contribution >= 0.6 is 0 Å². The average molecular weight is 358 g/mol. The molecule has 0 saturated heterocycles. The van der Waals surface area contributed by atoms with Crippen molar-refractivity contribution in [1.29, 1.82) is 0 Å². The van der Waals surface area contributed by atoms with Gasteiger partial charge in [-0.3, -0.25) is 4.79 Å². The highest BCUT2D eigenvalue weighted by Gasteiger charge is 2.28. The van der Waals surface area contributed by atoms with Gasteiger partial charge in [-0.25, -0.2) is 13.1 Å². The van der Waals surface area contributed by atoms with Gasteiger partial charge >= 0.3 is 0 Å². The fourth-order valence-electron chi connectivity index (χ4n) is 2.60. The lowest BCUT2D eigenvalue weighted by Gasteiger charge is -2.25. The SMILES string of the molecule is C[C@@H](c1ccccc1)N(C)C(=O)c1ccc(S(=O)(=O)NC2CC2)cc1. The van der Waals surface area contributed by atoms with Gasteiger partial charge in [-0.2, -0.15) is 0 Å². The van der Waals surface area contributed by atoms with Crippen molar-refractivity contribution in [2.24, 2.45) is 0 Å². The zero-order chi connectivity index (χ0) is 18.0. The topological polar surface area (TPSA) is 66.5 Å². The molecular weight excluding hydrogens is 336 g/mol. The molecule has 132 valence electrons. The van der Waals surface area contributed by atoms with Crippen molar-refractivity contribution in [2.45, 2.75) is 36.7 Å². The van der Waals surface area contributed by atoms with Crippen LogP contribution in [0.5, 0.6) is 0 Å². The average Bonchev–Trinajstić information content (AvgIpc) is 3.44. The maximum Gasteiger partial charge on any atom is 0.254 e. The van der Waals surface area contributed by atoms with Crippen LogP contribution in [-0.2, 0) is 10.0 Å². The summed E-state index contributed by atoms with van der Waals surface area (Å²) in [6.07, 6.45) is 1.77. The van der Waals surface area contributed by atoms with Crippen molar-refractivity contribution in [2.75, 3.05) is 7.05 Å².